The molecule has 0 N–H and O–H groups in total. The molecule has 0 radical (unpaired) electrons. The van der Waals surface area contributed by atoms with Gasteiger partial charge in [0.2, 0.25) is 0 Å². The molecule has 2 fully saturated rings. The van der Waals surface area contributed by atoms with Crippen molar-refractivity contribution >= 4 is 6.09 Å². The summed E-state index contributed by atoms with van der Waals surface area (Å²) >= 11 is 0. The van der Waals surface area contributed by atoms with Crippen LogP contribution in [-0.2, 0) is 16.1 Å². The first-order chi connectivity index (χ1) is 9.27. The average molecular weight is 265 g/mol. The van der Waals surface area contributed by atoms with Crippen molar-refractivity contribution in [3.8, 4) is 0 Å². The molecule has 3 atom stereocenters. The number of hydrogen-bond donors (Lipinski definition) is 0. The topological polar surface area (TPSA) is 38.8 Å². The Bertz CT molecular complexity index is 453. The van der Waals surface area contributed by atoms with Gasteiger partial charge < -0.3 is 9.47 Å². The summed E-state index contributed by atoms with van der Waals surface area (Å²) in [5, 5.41) is 0. The summed E-state index contributed by atoms with van der Waals surface area (Å²) in [6.45, 7) is 1.21. The van der Waals surface area contributed by atoms with Crippen LogP contribution in [0.2, 0.25) is 0 Å². The summed E-state index contributed by atoms with van der Waals surface area (Å²) in [4.78, 5) is 13.5. The molecule has 1 aromatic rings. The van der Waals surface area contributed by atoms with E-state index in [9.17, 15) is 9.18 Å². The van der Waals surface area contributed by atoms with E-state index >= 15 is 0 Å². The number of hydrogen-bond acceptors (Lipinski definition) is 3. The van der Waals surface area contributed by atoms with E-state index in [2.05, 4.69) is 0 Å². The highest BCUT2D eigenvalue weighted by Crippen LogP contribution is 2.37. The van der Waals surface area contributed by atoms with Gasteiger partial charge in [-0.3, -0.25) is 4.90 Å². The van der Waals surface area contributed by atoms with E-state index in [0.717, 1.165) is 12.0 Å². The van der Waals surface area contributed by atoms with Gasteiger partial charge in [-0.2, -0.15) is 0 Å². The Morgan fingerprint density at radius 2 is 2.21 bits per heavy atom. The molecule has 102 valence electrons. The van der Waals surface area contributed by atoms with Crippen LogP contribution in [0.15, 0.2) is 30.3 Å². The van der Waals surface area contributed by atoms with Gasteiger partial charge in [0.1, 0.15) is 12.7 Å². The van der Waals surface area contributed by atoms with Gasteiger partial charge in [-0.1, -0.05) is 30.3 Å². The van der Waals surface area contributed by atoms with Crippen LogP contribution in [0.5, 0.6) is 0 Å². The second-order valence-corrected chi connectivity index (χ2v) is 4.86. The maximum atomic E-state index is 13.5. The van der Waals surface area contributed by atoms with Gasteiger partial charge in [-0.25, -0.2) is 9.18 Å². The Kier molecular flexibility index (Phi) is 3.38. The standard InChI is InChI=1S/C14H16FNO3/c15-11-12-13(11)18-8-4-7-16(12)14(17)19-9-10-5-2-1-3-6-10/h1-3,5-6,11-13H,4,7-9H2/t11-,12?,13-/m0/s1. The summed E-state index contributed by atoms with van der Waals surface area (Å²) in [7, 11) is 0. The second kappa shape index (κ2) is 5.17. The van der Waals surface area contributed by atoms with Crippen molar-refractivity contribution in [1.82, 2.24) is 4.90 Å². The third-order valence-corrected chi connectivity index (χ3v) is 3.49. The van der Waals surface area contributed by atoms with Gasteiger partial charge in [0, 0.05) is 13.2 Å². The number of nitrogens with zero attached hydrogens (tertiary/aromatic N) is 1. The highest BCUT2D eigenvalue weighted by atomic mass is 19.1. The molecular weight excluding hydrogens is 249 g/mol. The smallest absolute Gasteiger partial charge is 0.410 e. The van der Waals surface area contributed by atoms with Gasteiger partial charge in [-0.05, 0) is 12.0 Å². The van der Waals surface area contributed by atoms with Crippen LogP contribution < -0.4 is 0 Å². The van der Waals surface area contributed by atoms with Crippen molar-refractivity contribution in [2.75, 3.05) is 13.2 Å². The van der Waals surface area contributed by atoms with Gasteiger partial charge >= 0.3 is 6.09 Å². The van der Waals surface area contributed by atoms with Crippen molar-refractivity contribution in [2.45, 2.75) is 31.3 Å². The second-order valence-electron chi connectivity index (χ2n) is 4.86. The monoisotopic (exact) mass is 265 g/mol. The molecular formula is C14H16FNO3. The van der Waals surface area contributed by atoms with Crippen LogP contribution in [0.4, 0.5) is 9.18 Å². The molecule has 1 unspecified atom stereocenters. The minimum atomic E-state index is -1.07. The molecule has 5 heteroatoms. The lowest BCUT2D eigenvalue weighted by atomic mass is 10.2. The molecule has 1 heterocycles. The van der Waals surface area contributed by atoms with Crippen molar-refractivity contribution < 1.29 is 18.7 Å². The maximum absolute atomic E-state index is 13.5. The molecule has 0 aromatic heterocycles. The summed E-state index contributed by atoms with van der Waals surface area (Å²) < 4.78 is 24.0. The van der Waals surface area contributed by atoms with Gasteiger partial charge in [-0.15, -0.1) is 0 Å². The molecule has 0 bridgehead atoms. The zero-order chi connectivity index (χ0) is 13.2. The van der Waals surface area contributed by atoms with Gasteiger partial charge in [0.15, 0.2) is 6.17 Å². The van der Waals surface area contributed by atoms with Crippen LogP contribution in [0.3, 0.4) is 0 Å². The van der Waals surface area contributed by atoms with Crippen LogP contribution in [0.25, 0.3) is 0 Å². The first-order valence-electron chi connectivity index (χ1n) is 6.50. The van der Waals surface area contributed by atoms with E-state index in [1.807, 2.05) is 30.3 Å². The fraction of sp³-hybridized carbons (Fsp3) is 0.500. The number of alkyl halides is 1. The maximum Gasteiger partial charge on any atom is 0.410 e. The largest absolute Gasteiger partial charge is 0.445 e. The SMILES string of the molecule is O=C(OCc1ccccc1)N1CCCO[C@@H]2C1[C@@H]2F. The molecule has 1 aromatic carbocycles. The number of fused-ring (bicyclic) bond motifs is 1. The summed E-state index contributed by atoms with van der Waals surface area (Å²) in [6, 6.07) is 8.99. The Balaban J connectivity index is 1.58. The van der Waals surface area contributed by atoms with Crippen molar-refractivity contribution in [3.63, 3.8) is 0 Å². The van der Waals surface area contributed by atoms with Gasteiger partial charge in [0.05, 0.1) is 6.04 Å². The highest BCUT2D eigenvalue weighted by Gasteiger charge is 2.58. The lowest BCUT2D eigenvalue weighted by Crippen LogP contribution is -2.36. The summed E-state index contributed by atoms with van der Waals surface area (Å²) in [5.41, 5.74) is 0.922. The van der Waals surface area contributed by atoms with Crippen LogP contribution >= 0.6 is 0 Å². The lowest BCUT2D eigenvalue weighted by Gasteiger charge is -2.20. The molecule has 3 rings (SSSR count). The van der Waals surface area contributed by atoms with Gasteiger partial charge in [0.25, 0.3) is 0 Å². The molecule has 1 aliphatic heterocycles. The van der Waals surface area contributed by atoms with E-state index in [1.165, 1.54) is 4.90 Å². The molecule has 1 saturated heterocycles. The third kappa shape index (κ3) is 2.56. The number of rotatable bonds is 2. The Hall–Kier alpha value is -1.62. The van der Waals surface area contributed by atoms with Crippen LogP contribution in [0.1, 0.15) is 12.0 Å². The third-order valence-electron chi connectivity index (χ3n) is 3.49. The Morgan fingerprint density at radius 1 is 1.42 bits per heavy atom. The molecule has 2 aliphatic rings. The van der Waals surface area contributed by atoms with Crippen LogP contribution in [0, 0.1) is 0 Å². The zero-order valence-corrected chi connectivity index (χ0v) is 10.5. The zero-order valence-electron chi connectivity index (χ0n) is 10.5. The predicted molar refractivity (Wildman–Crippen MR) is 66.4 cm³/mol. The fourth-order valence-corrected chi connectivity index (χ4v) is 2.39. The minimum Gasteiger partial charge on any atom is -0.445 e. The fourth-order valence-electron chi connectivity index (χ4n) is 2.39. The first-order valence-corrected chi connectivity index (χ1v) is 6.50. The molecule has 4 nitrogen and oxygen atoms in total. The number of carbonyl (C=O) groups is 1. The number of carbonyl (C=O) groups excluding carboxylic acids is 1. The average Bonchev–Trinajstić information content (AvgIpc) is 3.13. The van der Waals surface area contributed by atoms with E-state index < -0.39 is 24.4 Å². The molecule has 1 amide bonds. The van der Waals surface area contributed by atoms with E-state index in [4.69, 9.17) is 9.47 Å². The normalized spacial score (nSPS) is 29.3. The summed E-state index contributed by atoms with van der Waals surface area (Å²) in [6.07, 6.45) is -1.25. The molecule has 19 heavy (non-hydrogen) atoms. The first kappa shape index (κ1) is 12.4. The molecule has 1 aliphatic carbocycles. The predicted octanol–water partition coefficient (Wildman–Crippen LogP) is 2.13. The van der Waals surface area contributed by atoms with E-state index in [0.29, 0.717) is 13.2 Å². The lowest BCUT2D eigenvalue weighted by molar-refractivity contribution is 0.0899. The highest BCUT2D eigenvalue weighted by molar-refractivity contribution is 5.69. The number of amides is 1. The Morgan fingerprint density at radius 3 is 3.00 bits per heavy atom. The van der Waals surface area contributed by atoms with Crippen LogP contribution in [-0.4, -0.2) is 42.5 Å². The minimum absolute atomic E-state index is 0.214. The quantitative estimate of drug-likeness (QED) is 0.822. The van der Waals surface area contributed by atoms with Crippen molar-refractivity contribution in [3.05, 3.63) is 35.9 Å². The van der Waals surface area contributed by atoms with E-state index in [1.54, 1.807) is 0 Å². The molecule has 1 saturated carbocycles. The number of ether oxygens (including phenoxy) is 2. The number of benzene rings is 1. The summed E-state index contributed by atoms with van der Waals surface area (Å²) in [5.74, 6) is 0. The van der Waals surface area contributed by atoms with Crippen molar-refractivity contribution in [2.24, 2.45) is 0 Å². The van der Waals surface area contributed by atoms with E-state index in [-0.39, 0.29) is 6.61 Å². The Labute approximate surface area is 111 Å². The number of halogens is 1. The molecule has 0 spiro atoms. The van der Waals surface area contributed by atoms with Crippen molar-refractivity contribution in [1.29, 1.82) is 0 Å².